The van der Waals surface area contributed by atoms with Crippen molar-refractivity contribution in [1.82, 2.24) is 5.16 Å². The number of aromatic nitrogens is 1. The van der Waals surface area contributed by atoms with Crippen molar-refractivity contribution in [3.8, 4) is 23.0 Å². The van der Waals surface area contributed by atoms with Gasteiger partial charge in [0.05, 0.1) is 18.9 Å². The summed E-state index contributed by atoms with van der Waals surface area (Å²) in [4.78, 5) is 25.1. The Hall–Kier alpha value is -3.78. The lowest BCUT2D eigenvalue weighted by Crippen LogP contribution is -2.10. The Morgan fingerprint density at radius 2 is 1.91 bits per heavy atom. The van der Waals surface area contributed by atoms with Gasteiger partial charge in [-0.25, -0.2) is 0 Å². The molecule has 0 spiro atoms. The topological polar surface area (TPSA) is 101 Å². The molecule has 0 fully saturated rings. The van der Waals surface area contributed by atoms with Crippen LogP contribution in [-0.4, -0.2) is 18.2 Å². The molecular weight excluding hydrogens is 438 g/mol. The van der Waals surface area contributed by atoms with E-state index in [-0.39, 0.29) is 39.8 Å². The Balaban J connectivity index is 1.52. The van der Waals surface area contributed by atoms with E-state index in [2.05, 4.69) is 5.16 Å². The van der Waals surface area contributed by atoms with E-state index >= 15 is 0 Å². The minimum Gasteiger partial charge on any atom is -0.497 e. The quantitative estimate of drug-likeness (QED) is 0.281. The summed E-state index contributed by atoms with van der Waals surface area (Å²) in [6, 6.07) is 13.0. The standard InChI is InChI=1S/C23H18ClNO7/c1-13-23(31-15-5-3-4-14(10-15)28-2)22(27)18-8-6-16(11-19(18)29-13)30-21(26)9-7-17-12-20(24)25-32-17/h3-6,8,10-12H,7,9H2,1-2H3. The number of methoxy groups -OCH3 is 1. The van der Waals surface area contributed by atoms with Gasteiger partial charge in [-0.2, -0.15) is 0 Å². The SMILES string of the molecule is COc1cccc(Oc2c(C)oc3cc(OC(=O)CCc4cc(Cl)no4)ccc3c2=O)c1. The molecule has 0 atom stereocenters. The molecule has 4 aromatic rings. The Kier molecular flexibility index (Phi) is 6.13. The van der Waals surface area contributed by atoms with Gasteiger partial charge in [-0.1, -0.05) is 22.8 Å². The molecule has 2 heterocycles. The van der Waals surface area contributed by atoms with Crippen LogP contribution < -0.4 is 19.6 Å². The highest BCUT2D eigenvalue weighted by Gasteiger charge is 2.16. The van der Waals surface area contributed by atoms with Crippen LogP contribution in [0.4, 0.5) is 0 Å². The first-order chi connectivity index (χ1) is 15.4. The van der Waals surface area contributed by atoms with Crippen LogP contribution in [-0.2, 0) is 11.2 Å². The van der Waals surface area contributed by atoms with Gasteiger partial charge in [-0.05, 0) is 31.2 Å². The third-order valence-electron chi connectivity index (χ3n) is 4.59. The van der Waals surface area contributed by atoms with Crippen molar-refractivity contribution in [3.05, 3.63) is 75.4 Å². The first kappa shape index (κ1) is 21.5. The van der Waals surface area contributed by atoms with E-state index in [9.17, 15) is 9.59 Å². The summed E-state index contributed by atoms with van der Waals surface area (Å²) in [5.41, 5.74) is -0.0653. The van der Waals surface area contributed by atoms with Crippen LogP contribution in [0.3, 0.4) is 0 Å². The van der Waals surface area contributed by atoms with Crippen molar-refractivity contribution in [1.29, 1.82) is 0 Å². The number of aryl methyl sites for hydroxylation is 2. The molecule has 8 nitrogen and oxygen atoms in total. The summed E-state index contributed by atoms with van der Waals surface area (Å²) in [6.07, 6.45) is 0.366. The maximum absolute atomic E-state index is 13.0. The number of hydrogen-bond acceptors (Lipinski definition) is 8. The van der Waals surface area contributed by atoms with E-state index in [1.807, 2.05) is 0 Å². The second kappa shape index (κ2) is 9.15. The van der Waals surface area contributed by atoms with Crippen LogP contribution in [0, 0.1) is 6.92 Å². The molecule has 0 unspecified atom stereocenters. The number of rotatable bonds is 7. The summed E-state index contributed by atoms with van der Waals surface area (Å²) in [5.74, 6) is 1.66. The first-order valence-corrected chi connectivity index (χ1v) is 10.0. The van der Waals surface area contributed by atoms with Gasteiger partial charge in [0, 0.05) is 24.6 Å². The minimum absolute atomic E-state index is 0.0693. The molecule has 0 amide bonds. The Morgan fingerprint density at radius 1 is 1.09 bits per heavy atom. The van der Waals surface area contributed by atoms with Crippen LogP contribution in [0.1, 0.15) is 17.9 Å². The van der Waals surface area contributed by atoms with Crippen molar-refractivity contribution in [2.45, 2.75) is 19.8 Å². The molecule has 0 aliphatic heterocycles. The van der Waals surface area contributed by atoms with Gasteiger partial charge >= 0.3 is 5.97 Å². The molecule has 2 aromatic heterocycles. The van der Waals surface area contributed by atoms with Crippen LogP contribution in [0.25, 0.3) is 11.0 Å². The van der Waals surface area contributed by atoms with E-state index < -0.39 is 5.97 Å². The van der Waals surface area contributed by atoms with E-state index in [1.165, 1.54) is 24.3 Å². The van der Waals surface area contributed by atoms with Crippen LogP contribution >= 0.6 is 11.6 Å². The summed E-state index contributed by atoms with van der Waals surface area (Å²) < 4.78 is 27.0. The zero-order valence-corrected chi connectivity index (χ0v) is 18.0. The number of carbonyl (C=O) groups excluding carboxylic acids is 1. The molecule has 4 rings (SSSR count). The number of fused-ring (bicyclic) bond motifs is 1. The monoisotopic (exact) mass is 455 g/mol. The minimum atomic E-state index is -0.478. The van der Waals surface area contributed by atoms with Gasteiger partial charge in [-0.3, -0.25) is 9.59 Å². The van der Waals surface area contributed by atoms with Crippen molar-refractivity contribution >= 4 is 28.5 Å². The fourth-order valence-corrected chi connectivity index (χ4v) is 3.20. The number of carbonyl (C=O) groups is 1. The highest BCUT2D eigenvalue weighted by Crippen LogP contribution is 2.29. The normalized spacial score (nSPS) is 10.8. The molecular formula is C23H18ClNO7. The molecule has 0 bridgehead atoms. The van der Waals surface area contributed by atoms with Crippen LogP contribution in [0.15, 0.2) is 62.3 Å². The maximum Gasteiger partial charge on any atom is 0.311 e. The molecule has 2 aromatic carbocycles. The van der Waals surface area contributed by atoms with Crippen LogP contribution in [0.5, 0.6) is 23.0 Å². The van der Waals surface area contributed by atoms with Crippen molar-refractivity contribution in [2.75, 3.05) is 7.11 Å². The molecule has 32 heavy (non-hydrogen) atoms. The van der Waals surface area contributed by atoms with Gasteiger partial charge in [0.25, 0.3) is 0 Å². The Bertz CT molecular complexity index is 1340. The average molecular weight is 456 g/mol. The Labute approximate surface area is 187 Å². The van der Waals surface area contributed by atoms with E-state index in [0.29, 0.717) is 29.1 Å². The van der Waals surface area contributed by atoms with Gasteiger partial charge in [0.2, 0.25) is 11.2 Å². The lowest BCUT2D eigenvalue weighted by atomic mass is 10.2. The second-order valence-corrected chi connectivity index (χ2v) is 7.23. The molecule has 9 heteroatoms. The lowest BCUT2D eigenvalue weighted by molar-refractivity contribution is -0.134. The number of benzene rings is 2. The highest BCUT2D eigenvalue weighted by atomic mass is 35.5. The number of nitrogens with zero attached hydrogens (tertiary/aromatic N) is 1. The zero-order valence-electron chi connectivity index (χ0n) is 17.2. The largest absolute Gasteiger partial charge is 0.497 e. The molecule has 0 aliphatic carbocycles. The van der Waals surface area contributed by atoms with E-state index in [1.54, 1.807) is 38.3 Å². The average Bonchev–Trinajstić information content (AvgIpc) is 3.20. The van der Waals surface area contributed by atoms with Gasteiger partial charge in [-0.15, -0.1) is 0 Å². The van der Waals surface area contributed by atoms with E-state index in [4.69, 9.17) is 34.8 Å². The second-order valence-electron chi connectivity index (χ2n) is 6.85. The fourth-order valence-electron chi connectivity index (χ4n) is 3.05. The third kappa shape index (κ3) is 4.76. The number of esters is 1. The molecule has 0 saturated heterocycles. The van der Waals surface area contributed by atoms with Crippen molar-refractivity contribution < 1.29 is 27.9 Å². The van der Waals surface area contributed by atoms with Gasteiger partial charge in [0.15, 0.2) is 5.15 Å². The molecule has 0 aliphatic rings. The van der Waals surface area contributed by atoms with Crippen molar-refractivity contribution in [3.63, 3.8) is 0 Å². The number of ether oxygens (including phenoxy) is 3. The zero-order chi connectivity index (χ0) is 22.7. The molecule has 0 saturated carbocycles. The van der Waals surface area contributed by atoms with Gasteiger partial charge in [0.1, 0.15) is 34.4 Å². The Morgan fingerprint density at radius 3 is 2.66 bits per heavy atom. The third-order valence-corrected chi connectivity index (χ3v) is 4.76. The molecule has 0 N–H and O–H groups in total. The predicted octanol–water partition coefficient (Wildman–Crippen LogP) is 5.08. The lowest BCUT2D eigenvalue weighted by Gasteiger charge is -2.10. The molecule has 0 radical (unpaired) electrons. The summed E-state index contributed by atoms with van der Waals surface area (Å²) in [5, 5.41) is 4.07. The highest BCUT2D eigenvalue weighted by molar-refractivity contribution is 6.29. The number of hydrogen-bond donors (Lipinski definition) is 0. The summed E-state index contributed by atoms with van der Waals surface area (Å²) in [7, 11) is 1.54. The predicted molar refractivity (Wildman–Crippen MR) is 116 cm³/mol. The fraction of sp³-hybridized carbons (Fsp3) is 0.174. The summed E-state index contributed by atoms with van der Waals surface area (Å²) in [6.45, 7) is 1.62. The number of halogens is 1. The van der Waals surface area contributed by atoms with E-state index in [0.717, 1.165) is 0 Å². The van der Waals surface area contributed by atoms with Gasteiger partial charge < -0.3 is 23.2 Å². The maximum atomic E-state index is 13.0. The van der Waals surface area contributed by atoms with Crippen LogP contribution in [0.2, 0.25) is 5.15 Å². The smallest absolute Gasteiger partial charge is 0.311 e. The molecule has 164 valence electrons. The summed E-state index contributed by atoms with van der Waals surface area (Å²) >= 11 is 5.68. The first-order valence-electron chi connectivity index (χ1n) is 9.64. The van der Waals surface area contributed by atoms with Crippen molar-refractivity contribution in [2.24, 2.45) is 0 Å².